The molecule has 2 rings (SSSR count). The van der Waals surface area contributed by atoms with Crippen LogP contribution in [0.1, 0.15) is 32.1 Å². The number of rotatable bonds is 2. The van der Waals surface area contributed by atoms with Crippen LogP contribution in [0.4, 0.5) is 12.7 Å². The highest BCUT2D eigenvalue weighted by molar-refractivity contribution is 7.86. The van der Waals surface area contributed by atoms with Crippen LogP contribution in [0.5, 0.6) is 0 Å². The summed E-state index contributed by atoms with van der Waals surface area (Å²) in [6, 6.07) is 0. The van der Waals surface area contributed by atoms with Gasteiger partial charge < -0.3 is 4.74 Å². The second-order valence-corrected chi connectivity index (χ2v) is 6.49. The van der Waals surface area contributed by atoms with Gasteiger partial charge in [-0.15, -0.1) is 3.89 Å². The minimum Gasteiger partial charge on any atom is -0.461 e. The molecule has 8 heteroatoms. The SMILES string of the molecule is O=C1CC2(CCC(F)(F)CC2)C(CS(=O)(=O)F)O1. The Hall–Kier alpha value is -0.790. The molecule has 1 heterocycles. The molecular weight excluding hydrogens is 273 g/mol. The molecule has 104 valence electrons. The molecule has 18 heavy (non-hydrogen) atoms. The normalized spacial score (nSPS) is 30.4. The summed E-state index contributed by atoms with van der Waals surface area (Å²) < 4.78 is 64.9. The van der Waals surface area contributed by atoms with Crippen LogP contribution in [0.2, 0.25) is 0 Å². The van der Waals surface area contributed by atoms with E-state index in [0.29, 0.717) is 0 Å². The third-order valence-corrected chi connectivity index (χ3v) is 4.48. The second kappa shape index (κ2) is 4.11. The van der Waals surface area contributed by atoms with Gasteiger partial charge in [-0.1, -0.05) is 0 Å². The predicted octanol–water partition coefficient (Wildman–Crippen LogP) is 1.80. The molecule has 1 saturated carbocycles. The molecule has 0 bridgehead atoms. The first-order valence-corrected chi connectivity index (χ1v) is 7.17. The Labute approximate surface area is 103 Å². The monoisotopic (exact) mass is 286 g/mol. The quantitative estimate of drug-likeness (QED) is 0.573. The molecule has 1 aliphatic heterocycles. The third kappa shape index (κ3) is 2.78. The van der Waals surface area contributed by atoms with E-state index in [4.69, 9.17) is 4.74 Å². The lowest BCUT2D eigenvalue weighted by Crippen LogP contribution is -2.41. The van der Waals surface area contributed by atoms with Crippen LogP contribution in [0, 0.1) is 5.41 Å². The smallest absolute Gasteiger partial charge is 0.306 e. The highest BCUT2D eigenvalue weighted by Gasteiger charge is 2.55. The van der Waals surface area contributed by atoms with Gasteiger partial charge in [-0.3, -0.25) is 4.79 Å². The molecule has 1 saturated heterocycles. The molecule has 0 N–H and O–H groups in total. The van der Waals surface area contributed by atoms with Gasteiger partial charge in [0.15, 0.2) is 0 Å². The van der Waals surface area contributed by atoms with E-state index in [0.717, 1.165) is 0 Å². The van der Waals surface area contributed by atoms with Crippen molar-refractivity contribution in [1.29, 1.82) is 0 Å². The van der Waals surface area contributed by atoms with Crippen LogP contribution < -0.4 is 0 Å². The summed E-state index contributed by atoms with van der Waals surface area (Å²) in [4.78, 5) is 11.2. The topological polar surface area (TPSA) is 60.4 Å². The number of carbonyl (C=O) groups excluding carboxylic acids is 1. The van der Waals surface area contributed by atoms with Crippen molar-refractivity contribution in [3.8, 4) is 0 Å². The second-order valence-electron chi connectivity index (χ2n) is 5.08. The van der Waals surface area contributed by atoms with Gasteiger partial charge in [-0.2, -0.15) is 8.42 Å². The van der Waals surface area contributed by atoms with Crippen molar-refractivity contribution < 1.29 is 30.6 Å². The van der Waals surface area contributed by atoms with Gasteiger partial charge in [0, 0.05) is 18.3 Å². The maximum Gasteiger partial charge on any atom is 0.306 e. The van der Waals surface area contributed by atoms with E-state index in [-0.39, 0.29) is 19.3 Å². The Bertz CT molecular complexity index is 450. The van der Waals surface area contributed by atoms with Gasteiger partial charge in [0.1, 0.15) is 11.9 Å². The molecule has 0 radical (unpaired) electrons. The zero-order valence-electron chi connectivity index (χ0n) is 9.50. The summed E-state index contributed by atoms with van der Waals surface area (Å²) in [5, 5.41) is 0. The van der Waals surface area contributed by atoms with E-state index >= 15 is 0 Å². The van der Waals surface area contributed by atoms with E-state index in [2.05, 4.69) is 0 Å². The van der Waals surface area contributed by atoms with Gasteiger partial charge >= 0.3 is 16.2 Å². The number of cyclic esters (lactones) is 1. The van der Waals surface area contributed by atoms with E-state index in [1.54, 1.807) is 0 Å². The lowest BCUT2D eigenvalue weighted by molar-refractivity contribution is -0.141. The first-order valence-electron chi connectivity index (χ1n) is 5.62. The number of carbonyl (C=O) groups is 1. The third-order valence-electron chi connectivity index (χ3n) is 3.78. The minimum atomic E-state index is -4.80. The van der Waals surface area contributed by atoms with Gasteiger partial charge in [0.25, 0.3) is 0 Å². The van der Waals surface area contributed by atoms with Crippen molar-refractivity contribution in [2.75, 3.05) is 5.75 Å². The molecule has 1 atom stereocenters. The maximum absolute atomic E-state index is 13.1. The summed E-state index contributed by atoms with van der Waals surface area (Å²) in [6.45, 7) is 0. The molecular formula is C10H13F3O4S. The van der Waals surface area contributed by atoms with E-state index in [1.165, 1.54) is 0 Å². The van der Waals surface area contributed by atoms with Crippen LogP contribution in [-0.4, -0.2) is 32.2 Å². The van der Waals surface area contributed by atoms with E-state index in [1.807, 2.05) is 0 Å². The standard InChI is InChI=1S/C10H13F3O4S/c11-10(12)3-1-9(2-4-10)5-8(14)17-7(9)6-18(13,15)16/h7H,1-6H2. The van der Waals surface area contributed by atoms with Crippen LogP contribution in [-0.2, 0) is 19.8 Å². The molecule has 2 aliphatic rings. The van der Waals surface area contributed by atoms with E-state index in [9.17, 15) is 25.9 Å². The van der Waals surface area contributed by atoms with Crippen LogP contribution >= 0.6 is 0 Å². The fourth-order valence-corrected chi connectivity index (χ4v) is 3.51. The minimum absolute atomic E-state index is 0.0219. The number of halogens is 3. The average molecular weight is 286 g/mol. The lowest BCUT2D eigenvalue weighted by atomic mass is 9.69. The van der Waals surface area contributed by atoms with Gasteiger partial charge in [-0.05, 0) is 12.8 Å². The molecule has 1 unspecified atom stereocenters. The number of ether oxygens (including phenoxy) is 1. The number of esters is 1. The van der Waals surface area contributed by atoms with E-state index < -0.39 is 52.2 Å². The van der Waals surface area contributed by atoms with Crippen molar-refractivity contribution in [3.05, 3.63) is 0 Å². The van der Waals surface area contributed by atoms with Crippen molar-refractivity contribution >= 4 is 16.2 Å². The van der Waals surface area contributed by atoms with Crippen molar-refractivity contribution in [2.24, 2.45) is 5.41 Å². The van der Waals surface area contributed by atoms with Crippen molar-refractivity contribution in [1.82, 2.24) is 0 Å². The molecule has 2 fully saturated rings. The van der Waals surface area contributed by atoms with Crippen LogP contribution in [0.15, 0.2) is 0 Å². The summed E-state index contributed by atoms with van der Waals surface area (Å²) in [5.41, 5.74) is -0.947. The fourth-order valence-electron chi connectivity index (χ4n) is 2.73. The summed E-state index contributed by atoms with van der Waals surface area (Å²) in [7, 11) is -4.80. The Morgan fingerprint density at radius 3 is 2.28 bits per heavy atom. The van der Waals surface area contributed by atoms with Crippen LogP contribution in [0.25, 0.3) is 0 Å². The predicted molar refractivity (Wildman–Crippen MR) is 55.2 cm³/mol. The first-order chi connectivity index (χ1) is 8.12. The molecule has 4 nitrogen and oxygen atoms in total. The summed E-state index contributed by atoms with van der Waals surface area (Å²) >= 11 is 0. The zero-order valence-corrected chi connectivity index (χ0v) is 10.3. The van der Waals surface area contributed by atoms with Crippen LogP contribution in [0.3, 0.4) is 0 Å². The zero-order chi connectivity index (χ0) is 13.6. The largest absolute Gasteiger partial charge is 0.461 e. The molecule has 0 aromatic rings. The van der Waals surface area contributed by atoms with Gasteiger partial charge in [-0.25, -0.2) is 8.78 Å². The fraction of sp³-hybridized carbons (Fsp3) is 0.900. The van der Waals surface area contributed by atoms with Crippen molar-refractivity contribution in [3.63, 3.8) is 0 Å². The van der Waals surface area contributed by atoms with Crippen molar-refractivity contribution in [2.45, 2.75) is 44.1 Å². The number of hydrogen-bond donors (Lipinski definition) is 0. The maximum atomic E-state index is 13.1. The van der Waals surface area contributed by atoms with Gasteiger partial charge in [0.2, 0.25) is 5.92 Å². The Balaban J connectivity index is 2.17. The molecule has 1 spiro atoms. The highest BCUT2D eigenvalue weighted by atomic mass is 32.3. The Kier molecular flexibility index (Phi) is 3.11. The Morgan fingerprint density at radius 2 is 1.78 bits per heavy atom. The Morgan fingerprint density at radius 1 is 1.22 bits per heavy atom. The molecule has 0 aromatic carbocycles. The molecule has 0 amide bonds. The molecule has 1 aliphatic carbocycles. The summed E-state index contributed by atoms with van der Waals surface area (Å²) in [6.07, 6.45) is -2.14. The highest BCUT2D eigenvalue weighted by Crippen LogP contribution is 2.51. The van der Waals surface area contributed by atoms with Gasteiger partial charge in [0.05, 0.1) is 6.42 Å². The first kappa shape index (κ1) is 13.6. The average Bonchev–Trinajstić information content (AvgIpc) is 2.46. The number of hydrogen-bond acceptors (Lipinski definition) is 4. The number of alkyl halides is 2. The summed E-state index contributed by atoms with van der Waals surface area (Å²) in [5.74, 6) is -4.38. The molecule has 0 aromatic heterocycles. The lowest BCUT2D eigenvalue weighted by Gasteiger charge is -2.38.